The van der Waals surface area contributed by atoms with Crippen LogP contribution in [0.1, 0.15) is 11.8 Å². The van der Waals surface area contributed by atoms with Gasteiger partial charge in [0.25, 0.3) is 0 Å². The molecule has 0 saturated heterocycles. The van der Waals surface area contributed by atoms with E-state index in [1.54, 1.807) is 17.4 Å². The number of carbonyl (C=O) groups is 1. The van der Waals surface area contributed by atoms with Crippen LogP contribution in [0.15, 0.2) is 29.7 Å². The molecule has 1 unspecified atom stereocenters. The van der Waals surface area contributed by atoms with Gasteiger partial charge in [0, 0.05) is 23.5 Å². The molecule has 1 rings (SSSR count). The molecule has 0 aliphatic rings. The van der Waals surface area contributed by atoms with Crippen molar-refractivity contribution in [3.63, 3.8) is 0 Å². The number of carboxylic acid groups (broad SMARTS) is 1. The van der Waals surface area contributed by atoms with Gasteiger partial charge in [-0.3, -0.25) is 4.90 Å². The average Bonchev–Trinajstić information content (AvgIpc) is 2.69. The topological polar surface area (TPSA) is 40.5 Å². The summed E-state index contributed by atoms with van der Waals surface area (Å²) >= 11 is 1.76. The van der Waals surface area contributed by atoms with Crippen molar-refractivity contribution >= 4 is 17.3 Å². The standard InChI is InChI=1S/C12H17NO2S/c1-10(9-11-5-4-8-16-11)13(2)7-3-6-12(14)15/h3-6,8,10H,7,9H2,1-2H3,(H,14,15)/b6-3+. The number of carboxylic acids is 1. The second kappa shape index (κ2) is 6.45. The van der Waals surface area contributed by atoms with Gasteiger partial charge < -0.3 is 5.11 Å². The first kappa shape index (κ1) is 12.9. The van der Waals surface area contributed by atoms with E-state index in [0.29, 0.717) is 12.6 Å². The van der Waals surface area contributed by atoms with Gasteiger partial charge in [0.1, 0.15) is 0 Å². The summed E-state index contributed by atoms with van der Waals surface area (Å²) in [6, 6.07) is 4.59. The predicted molar refractivity (Wildman–Crippen MR) is 66.9 cm³/mol. The van der Waals surface area contributed by atoms with Gasteiger partial charge in [-0.05, 0) is 31.8 Å². The highest BCUT2D eigenvalue weighted by Crippen LogP contribution is 2.13. The van der Waals surface area contributed by atoms with Crippen LogP contribution < -0.4 is 0 Å². The molecule has 1 heterocycles. The van der Waals surface area contributed by atoms with Gasteiger partial charge in [0.15, 0.2) is 0 Å². The van der Waals surface area contributed by atoms with E-state index < -0.39 is 5.97 Å². The zero-order valence-corrected chi connectivity index (χ0v) is 10.4. The van der Waals surface area contributed by atoms with Gasteiger partial charge in [0.2, 0.25) is 0 Å². The van der Waals surface area contributed by atoms with E-state index in [-0.39, 0.29) is 0 Å². The van der Waals surface area contributed by atoms with E-state index in [4.69, 9.17) is 5.11 Å². The first-order chi connectivity index (χ1) is 7.59. The number of thiophene rings is 1. The van der Waals surface area contributed by atoms with Crippen LogP contribution in [0.5, 0.6) is 0 Å². The van der Waals surface area contributed by atoms with Crippen molar-refractivity contribution < 1.29 is 9.90 Å². The van der Waals surface area contributed by atoms with Crippen molar-refractivity contribution in [2.45, 2.75) is 19.4 Å². The van der Waals surface area contributed by atoms with Crippen molar-refractivity contribution in [2.75, 3.05) is 13.6 Å². The Morgan fingerprint density at radius 1 is 1.69 bits per heavy atom. The maximum absolute atomic E-state index is 10.3. The van der Waals surface area contributed by atoms with Gasteiger partial charge in [-0.15, -0.1) is 11.3 Å². The normalized spacial score (nSPS) is 13.4. The summed E-state index contributed by atoms with van der Waals surface area (Å²) in [5, 5.41) is 10.5. The molecular formula is C12H17NO2S. The number of hydrogen-bond acceptors (Lipinski definition) is 3. The van der Waals surface area contributed by atoms with Gasteiger partial charge in [0.05, 0.1) is 0 Å². The summed E-state index contributed by atoms with van der Waals surface area (Å²) in [5.41, 5.74) is 0. The van der Waals surface area contributed by atoms with E-state index >= 15 is 0 Å². The van der Waals surface area contributed by atoms with Crippen LogP contribution in [0.4, 0.5) is 0 Å². The fourth-order valence-corrected chi connectivity index (χ4v) is 2.20. The van der Waals surface area contributed by atoms with Gasteiger partial charge in [-0.1, -0.05) is 12.1 Å². The Balaban J connectivity index is 2.36. The van der Waals surface area contributed by atoms with Crippen molar-refractivity contribution in [1.29, 1.82) is 0 Å². The van der Waals surface area contributed by atoms with Crippen LogP contribution in [-0.4, -0.2) is 35.6 Å². The Labute approximate surface area is 100 Å². The molecule has 1 aromatic rings. The van der Waals surface area contributed by atoms with Crippen molar-refractivity contribution in [2.24, 2.45) is 0 Å². The van der Waals surface area contributed by atoms with E-state index in [1.165, 1.54) is 11.0 Å². The molecule has 0 aliphatic heterocycles. The number of likely N-dealkylation sites (N-methyl/N-ethyl adjacent to an activating group) is 1. The van der Waals surface area contributed by atoms with Crippen LogP contribution >= 0.6 is 11.3 Å². The van der Waals surface area contributed by atoms with Crippen molar-refractivity contribution in [3.05, 3.63) is 34.5 Å². The van der Waals surface area contributed by atoms with E-state index in [0.717, 1.165) is 6.42 Å². The lowest BCUT2D eigenvalue weighted by Crippen LogP contribution is -2.30. The molecule has 0 aromatic carbocycles. The minimum atomic E-state index is -0.890. The first-order valence-corrected chi connectivity index (χ1v) is 6.09. The maximum Gasteiger partial charge on any atom is 0.328 e. The third-order valence-corrected chi connectivity index (χ3v) is 3.38. The zero-order chi connectivity index (χ0) is 12.0. The number of aliphatic carboxylic acids is 1. The van der Waals surface area contributed by atoms with Crippen LogP contribution in [0, 0.1) is 0 Å². The summed E-state index contributed by atoms with van der Waals surface area (Å²) in [4.78, 5) is 13.8. The smallest absolute Gasteiger partial charge is 0.328 e. The molecule has 1 aromatic heterocycles. The van der Waals surface area contributed by atoms with E-state index in [9.17, 15) is 4.79 Å². The lowest BCUT2D eigenvalue weighted by Gasteiger charge is -2.22. The second-order valence-electron chi connectivity index (χ2n) is 3.81. The highest BCUT2D eigenvalue weighted by Gasteiger charge is 2.08. The van der Waals surface area contributed by atoms with E-state index in [2.05, 4.69) is 29.3 Å². The largest absolute Gasteiger partial charge is 0.478 e. The predicted octanol–water partition coefficient (Wildman–Crippen LogP) is 2.25. The maximum atomic E-state index is 10.3. The lowest BCUT2D eigenvalue weighted by molar-refractivity contribution is -0.131. The molecule has 0 radical (unpaired) electrons. The highest BCUT2D eigenvalue weighted by molar-refractivity contribution is 7.09. The van der Waals surface area contributed by atoms with Crippen LogP contribution in [0.25, 0.3) is 0 Å². The Morgan fingerprint density at radius 2 is 2.44 bits per heavy atom. The monoisotopic (exact) mass is 239 g/mol. The van der Waals surface area contributed by atoms with Gasteiger partial charge in [-0.2, -0.15) is 0 Å². The minimum Gasteiger partial charge on any atom is -0.478 e. The minimum absolute atomic E-state index is 0.414. The number of rotatable bonds is 6. The van der Waals surface area contributed by atoms with Crippen molar-refractivity contribution in [1.82, 2.24) is 4.90 Å². The molecule has 0 aliphatic carbocycles. The molecule has 4 heteroatoms. The summed E-state index contributed by atoms with van der Waals surface area (Å²) in [7, 11) is 2.00. The molecule has 1 N–H and O–H groups in total. The molecule has 0 amide bonds. The van der Waals surface area contributed by atoms with Gasteiger partial charge in [-0.25, -0.2) is 4.79 Å². The zero-order valence-electron chi connectivity index (χ0n) is 9.59. The summed E-state index contributed by atoms with van der Waals surface area (Å²) in [6.07, 6.45) is 3.87. The molecule has 0 bridgehead atoms. The molecule has 16 heavy (non-hydrogen) atoms. The van der Waals surface area contributed by atoms with Crippen LogP contribution in [0.2, 0.25) is 0 Å². The van der Waals surface area contributed by atoms with Crippen LogP contribution in [-0.2, 0) is 11.2 Å². The SMILES string of the molecule is CC(Cc1cccs1)N(C)C/C=C/C(=O)O. The Morgan fingerprint density at radius 3 is 3.00 bits per heavy atom. The molecule has 0 saturated carbocycles. The fraction of sp³-hybridized carbons (Fsp3) is 0.417. The third-order valence-electron chi connectivity index (χ3n) is 2.48. The Bertz CT molecular complexity index is 346. The second-order valence-corrected chi connectivity index (χ2v) is 4.84. The quantitative estimate of drug-likeness (QED) is 0.774. The molecule has 1 atom stereocenters. The molecule has 88 valence electrons. The molecular weight excluding hydrogens is 222 g/mol. The molecule has 0 fully saturated rings. The fourth-order valence-electron chi connectivity index (χ4n) is 1.38. The molecule has 0 spiro atoms. The summed E-state index contributed by atoms with van der Waals surface area (Å²) in [6.45, 7) is 2.81. The lowest BCUT2D eigenvalue weighted by atomic mass is 10.2. The summed E-state index contributed by atoms with van der Waals surface area (Å²) < 4.78 is 0. The highest BCUT2D eigenvalue weighted by atomic mass is 32.1. The van der Waals surface area contributed by atoms with E-state index in [1.807, 2.05) is 7.05 Å². The van der Waals surface area contributed by atoms with Crippen LogP contribution in [0.3, 0.4) is 0 Å². The number of hydrogen-bond donors (Lipinski definition) is 1. The van der Waals surface area contributed by atoms with Gasteiger partial charge >= 0.3 is 5.97 Å². The number of nitrogens with zero attached hydrogens (tertiary/aromatic N) is 1. The third kappa shape index (κ3) is 4.59. The first-order valence-electron chi connectivity index (χ1n) is 5.21. The molecule has 3 nitrogen and oxygen atoms in total. The Kier molecular flexibility index (Phi) is 5.22. The Hall–Kier alpha value is -1.13. The van der Waals surface area contributed by atoms with Crippen molar-refractivity contribution in [3.8, 4) is 0 Å². The average molecular weight is 239 g/mol. The summed E-state index contributed by atoms with van der Waals surface area (Å²) in [5.74, 6) is -0.890.